The number of amides is 1. The summed E-state index contributed by atoms with van der Waals surface area (Å²) in [6.45, 7) is 6.02. The van der Waals surface area contributed by atoms with Gasteiger partial charge in [0.25, 0.3) is 5.91 Å². The van der Waals surface area contributed by atoms with Crippen LogP contribution in [0, 0.1) is 11.3 Å². The fourth-order valence-electron chi connectivity index (χ4n) is 1.94. The summed E-state index contributed by atoms with van der Waals surface area (Å²) >= 11 is 0. The number of rotatable bonds is 5. The molecule has 0 radical (unpaired) electrons. The Labute approximate surface area is 124 Å². The number of anilines is 1. The van der Waals surface area contributed by atoms with Crippen LogP contribution in [-0.4, -0.2) is 24.7 Å². The molecule has 0 bridgehead atoms. The summed E-state index contributed by atoms with van der Waals surface area (Å²) in [5.74, 6) is -0.922. The molecule has 1 aromatic rings. The topological polar surface area (TPSA) is 82.3 Å². The quantitative estimate of drug-likeness (QED) is 0.496. The number of nitrogens with zero attached hydrogens (tertiary/aromatic N) is 1. The van der Waals surface area contributed by atoms with Crippen molar-refractivity contribution in [2.24, 2.45) is 0 Å². The average molecular weight is 288 g/mol. The summed E-state index contributed by atoms with van der Waals surface area (Å²) < 4.78 is 5.19. The lowest BCUT2D eigenvalue weighted by Crippen LogP contribution is -2.23. The van der Waals surface area contributed by atoms with E-state index in [0.717, 1.165) is 5.56 Å². The van der Waals surface area contributed by atoms with Crippen molar-refractivity contribution in [3.8, 4) is 6.07 Å². The van der Waals surface area contributed by atoms with Gasteiger partial charge in [0.15, 0.2) is 5.57 Å². The van der Waals surface area contributed by atoms with Gasteiger partial charge < -0.3 is 15.2 Å². The lowest BCUT2D eigenvalue weighted by molar-refractivity contribution is -0.112. The molecule has 0 fully saturated rings. The summed E-state index contributed by atoms with van der Waals surface area (Å²) in [6, 6.07) is 8.99. The Kier molecular flexibility index (Phi) is 5.51. The molecule has 0 aliphatic rings. The number of ether oxygens (including phenoxy) is 1. The molecule has 0 saturated heterocycles. The van der Waals surface area contributed by atoms with Crippen LogP contribution < -0.4 is 5.32 Å². The molecular formula is C16H20N2O3. The Hall–Kier alpha value is -2.32. The van der Waals surface area contributed by atoms with Crippen LogP contribution in [0.1, 0.15) is 26.3 Å². The van der Waals surface area contributed by atoms with Gasteiger partial charge in [0.2, 0.25) is 0 Å². The van der Waals surface area contributed by atoms with Crippen molar-refractivity contribution in [3.63, 3.8) is 0 Å². The van der Waals surface area contributed by atoms with Gasteiger partial charge in [-0.1, -0.05) is 26.0 Å². The van der Waals surface area contributed by atoms with Crippen molar-refractivity contribution < 1.29 is 14.6 Å². The van der Waals surface area contributed by atoms with E-state index in [9.17, 15) is 9.90 Å². The molecule has 0 aliphatic heterocycles. The van der Waals surface area contributed by atoms with Gasteiger partial charge in [0.1, 0.15) is 11.8 Å². The highest BCUT2D eigenvalue weighted by Crippen LogP contribution is 2.24. The predicted octanol–water partition coefficient (Wildman–Crippen LogP) is 2.90. The molecule has 1 aromatic carbocycles. The first-order valence-electron chi connectivity index (χ1n) is 6.52. The van der Waals surface area contributed by atoms with Gasteiger partial charge in [-0.15, -0.1) is 0 Å². The van der Waals surface area contributed by atoms with Crippen LogP contribution in [-0.2, 0) is 14.9 Å². The van der Waals surface area contributed by atoms with Gasteiger partial charge in [0, 0.05) is 18.2 Å². The Balaban J connectivity index is 2.88. The summed E-state index contributed by atoms with van der Waals surface area (Å²) in [4.78, 5) is 11.8. The van der Waals surface area contributed by atoms with E-state index in [4.69, 9.17) is 10.00 Å². The van der Waals surface area contributed by atoms with E-state index in [-0.39, 0.29) is 16.7 Å². The molecule has 0 aliphatic carbocycles. The Morgan fingerprint density at radius 1 is 1.38 bits per heavy atom. The number of carbonyl (C=O) groups excluding carboxylic acids is 1. The van der Waals surface area contributed by atoms with Crippen molar-refractivity contribution in [2.45, 2.75) is 26.2 Å². The highest BCUT2D eigenvalue weighted by Gasteiger charge is 2.20. The van der Waals surface area contributed by atoms with Crippen molar-refractivity contribution in [1.82, 2.24) is 0 Å². The van der Waals surface area contributed by atoms with E-state index in [1.165, 1.54) is 6.92 Å². The summed E-state index contributed by atoms with van der Waals surface area (Å²) in [5, 5.41) is 20.6. The van der Waals surface area contributed by atoms with E-state index >= 15 is 0 Å². The number of nitrogens with one attached hydrogen (secondary N) is 1. The lowest BCUT2D eigenvalue weighted by Gasteiger charge is -2.24. The molecule has 1 rings (SSSR count). The zero-order valence-electron chi connectivity index (χ0n) is 12.7. The molecule has 2 N–H and O–H groups in total. The number of nitriles is 1. The van der Waals surface area contributed by atoms with Gasteiger partial charge in [-0.2, -0.15) is 5.26 Å². The molecule has 21 heavy (non-hydrogen) atoms. The monoisotopic (exact) mass is 288 g/mol. The Morgan fingerprint density at radius 2 is 1.95 bits per heavy atom. The highest BCUT2D eigenvalue weighted by atomic mass is 16.5. The maximum atomic E-state index is 11.8. The second-order valence-electron chi connectivity index (χ2n) is 5.42. The molecule has 0 atom stereocenters. The molecule has 5 nitrogen and oxygen atoms in total. The van der Waals surface area contributed by atoms with Gasteiger partial charge in [0.05, 0.1) is 6.61 Å². The largest absolute Gasteiger partial charge is 0.511 e. The normalized spacial score (nSPS) is 12.3. The summed E-state index contributed by atoms with van der Waals surface area (Å²) in [7, 11) is 1.66. The fourth-order valence-corrected chi connectivity index (χ4v) is 1.94. The average Bonchev–Trinajstić information content (AvgIpc) is 2.39. The van der Waals surface area contributed by atoms with E-state index < -0.39 is 5.91 Å². The number of benzene rings is 1. The molecule has 112 valence electrons. The van der Waals surface area contributed by atoms with Crippen molar-refractivity contribution >= 4 is 11.6 Å². The van der Waals surface area contributed by atoms with Crippen molar-refractivity contribution in [3.05, 3.63) is 41.2 Å². The molecule has 1 amide bonds. The smallest absolute Gasteiger partial charge is 0.269 e. The zero-order chi connectivity index (χ0) is 16.0. The second-order valence-corrected chi connectivity index (χ2v) is 5.42. The van der Waals surface area contributed by atoms with Crippen LogP contribution in [0.5, 0.6) is 0 Å². The van der Waals surface area contributed by atoms with Crippen molar-refractivity contribution in [2.75, 3.05) is 19.0 Å². The van der Waals surface area contributed by atoms with Gasteiger partial charge in [-0.3, -0.25) is 4.79 Å². The first kappa shape index (κ1) is 16.7. The minimum atomic E-state index is -0.624. The number of hydrogen-bond donors (Lipinski definition) is 2. The number of aliphatic hydroxyl groups is 1. The molecule has 0 aromatic heterocycles. The Bertz CT molecular complexity index is 577. The third-order valence-corrected chi connectivity index (χ3v) is 3.13. The van der Waals surface area contributed by atoms with Gasteiger partial charge in [-0.25, -0.2) is 0 Å². The number of aliphatic hydroxyl groups excluding tert-OH is 1. The summed E-state index contributed by atoms with van der Waals surface area (Å²) in [5.41, 5.74) is 1.22. The first-order chi connectivity index (χ1) is 9.81. The number of carbonyl (C=O) groups is 1. The maximum Gasteiger partial charge on any atom is 0.269 e. The molecule has 5 heteroatoms. The van der Waals surface area contributed by atoms with Crippen LogP contribution >= 0.6 is 0 Å². The first-order valence-corrected chi connectivity index (χ1v) is 6.52. The predicted molar refractivity (Wildman–Crippen MR) is 80.9 cm³/mol. The van der Waals surface area contributed by atoms with Crippen LogP contribution in [0.2, 0.25) is 0 Å². The minimum Gasteiger partial charge on any atom is -0.511 e. The SMILES string of the molecule is COCC(C)(C)c1ccc(NC(=O)/C(C#N)=C(/C)O)cc1. The highest BCUT2D eigenvalue weighted by molar-refractivity contribution is 6.06. The van der Waals surface area contributed by atoms with E-state index in [0.29, 0.717) is 12.3 Å². The van der Waals surface area contributed by atoms with Gasteiger partial charge in [-0.05, 0) is 24.6 Å². The van der Waals surface area contributed by atoms with E-state index in [1.54, 1.807) is 25.3 Å². The van der Waals surface area contributed by atoms with Gasteiger partial charge >= 0.3 is 0 Å². The minimum absolute atomic E-state index is 0.128. The fraction of sp³-hybridized carbons (Fsp3) is 0.375. The molecular weight excluding hydrogens is 268 g/mol. The molecule has 0 heterocycles. The summed E-state index contributed by atoms with van der Waals surface area (Å²) in [6.07, 6.45) is 0. The standard InChI is InChI=1S/C16H20N2O3/c1-11(19)14(9-17)15(20)18-13-7-5-12(6-8-13)16(2,3)10-21-4/h5-8,19H,10H2,1-4H3,(H,18,20)/b14-11-. The van der Waals surface area contributed by atoms with Crippen LogP contribution in [0.4, 0.5) is 5.69 Å². The second kappa shape index (κ2) is 6.91. The van der Waals surface area contributed by atoms with E-state index in [1.807, 2.05) is 12.1 Å². The third kappa shape index (κ3) is 4.33. The molecule has 0 unspecified atom stereocenters. The number of allylic oxidation sites excluding steroid dienone is 1. The third-order valence-electron chi connectivity index (χ3n) is 3.13. The Morgan fingerprint density at radius 3 is 2.38 bits per heavy atom. The number of methoxy groups -OCH3 is 1. The maximum absolute atomic E-state index is 11.8. The van der Waals surface area contributed by atoms with Crippen LogP contribution in [0.3, 0.4) is 0 Å². The van der Waals surface area contributed by atoms with E-state index in [2.05, 4.69) is 19.2 Å². The zero-order valence-corrected chi connectivity index (χ0v) is 12.7. The molecule has 0 spiro atoms. The van der Waals surface area contributed by atoms with Crippen LogP contribution in [0.25, 0.3) is 0 Å². The number of hydrogen-bond acceptors (Lipinski definition) is 4. The van der Waals surface area contributed by atoms with Crippen LogP contribution in [0.15, 0.2) is 35.6 Å². The lowest BCUT2D eigenvalue weighted by atomic mass is 9.85. The van der Waals surface area contributed by atoms with Crippen molar-refractivity contribution in [1.29, 1.82) is 5.26 Å². The molecule has 0 saturated carbocycles.